The number of sulfonamides is 1. The molecule has 4 rings (SSSR count). The van der Waals surface area contributed by atoms with Crippen molar-refractivity contribution in [1.82, 2.24) is 10.2 Å². The van der Waals surface area contributed by atoms with Crippen molar-refractivity contribution in [3.63, 3.8) is 0 Å². The van der Waals surface area contributed by atoms with Gasteiger partial charge in [0.05, 0.1) is 24.8 Å². The smallest absolute Gasteiger partial charge is 0.264 e. The number of nitrogens with zero attached hydrogens (tertiary/aromatic N) is 2. The fourth-order valence-electron chi connectivity index (χ4n) is 4.97. The summed E-state index contributed by atoms with van der Waals surface area (Å²) in [7, 11) is -1.23. The van der Waals surface area contributed by atoms with Gasteiger partial charge in [0.1, 0.15) is 24.1 Å². The molecule has 0 saturated heterocycles. The van der Waals surface area contributed by atoms with Crippen molar-refractivity contribution in [2.45, 2.75) is 50.2 Å². The normalized spacial score (nSPS) is 12.4. The van der Waals surface area contributed by atoms with Crippen LogP contribution in [0.25, 0.3) is 0 Å². The molecule has 0 aliphatic rings. The van der Waals surface area contributed by atoms with Crippen LogP contribution in [-0.4, -0.2) is 58.0 Å². The fraction of sp³-hybridized carbons (Fsp3) is 0.278. The average Bonchev–Trinajstić information content (AvgIpc) is 3.09. The van der Waals surface area contributed by atoms with E-state index >= 15 is 0 Å². The summed E-state index contributed by atoms with van der Waals surface area (Å²) in [5.74, 6) is 0.164. The first-order valence-electron chi connectivity index (χ1n) is 15.2. The lowest BCUT2D eigenvalue weighted by Gasteiger charge is -2.34. The Morgan fingerprint density at radius 2 is 1.47 bits per heavy atom. The molecule has 248 valence electrons. The highest BCUT2D eigenvalue weighted by Crippen LogP contribution is 2.28. The van der Waals surface area contributed by atoms with Crippen LogP contribution in [0.4, 0.5) is 5.69 Å². The van der Waals surface area contributed by atoms with Crippen LogP contribution in [0.2, 0.25) is 5.02 Å². The van der Waals surface area contributed by atoms with Gasteiger partial charge in [0.25, 0.3) is 10.0 Å². The SMILES string of the molecule is CC[C@@H](C)NC(=O)[C@H](Cc1ccccc1)N(Cc1cccc(OC)c1)C(=O)CN(c1ccc(Cl)cc1)S(=O)(=O)c1ccc(OC)cc1. The van der Waals surface area contributed by atoms with Gasteiger partial charge in [-0.3, -0.25) is 13.9 Å². The largest absolute Gasteiger partial charge is 0.497 e. The molecule has 0 aliphatic carbocycles. The second-order valence-electron chi connectivity index (χ2n) is 11.1. The second kappa shape index (κ2) is 16.3. The van der Waals surface area contributed by atoms with E-state index in [0.29, 0.717) is 28.5 Å². The van der Waals surface area contributed by atoms with Gasteiger partial charge in [0, 0.05) is 24.0 Å². The minimum atomic E-state index is -4.27. The molecule has 2 amide bonds. The monoisotopic (exact) mass is 677 g/mol. The number of benzene rings is 4. The number of ether oxygens (including phenoxy) is 2. The van der Waals surface area contributed by atoms with Gasteiger partial charge in [-0.15, -0.1) is 0 Å². The number of anilines is 1. The Bertz CT molecular complexity index is 1740. The fourth-order valence-corrected chi connectivity index (χ4v) is 6.51. The number of hydrogen-bond donors (Lipinski definition) is 1. The third kappa shape index (κ3) is 9.27. The highest BCUT2D eigenvalue weighted by molar-refractivity contribution is 7.92. The van der Waals surface area contributed by atoms with Crippen molar-refractivity contribution in [3.8, 4) is 11.5 Å². The Morgan fingerprint density at radius 1 is 0.830 bits per heavy atom. The maximum atomic E-state index is 14.6. The van der Waals surface area contributed by atoms with Crippen molar-refractivity contribution in [1.29, 1.82) is 0 Å². The Balaban J connectivity index is 1.81. The number of rotatable bonds is 15. The van der Waals surface area contributed by atoms with Crippen molar-refractivity contribution < 1.29 is 27.5 Å². The molecular weight excluding hydrogens is 638 g/mol. The first-order valence-corrected chi connectivity index (χ1v) is 17.1. The van der Waals surface area contributed by atoms with E-state index in [2.05, 4.69) is 5.32 Å². The lowest BCUT2D eigenvalue weighted by molar-refractivity contribution is -0.140. The van der Waals surface area contributed by atoms with Gasteiger partial charge in [-0.2, -0.15) is 0 Å². The molecule has 47 heavy (non-hydrogen) atoms. The lowest BCUT2D eigenvalue weighted by Crippen LogP contribution is -2.54. The molecule has 11 heteroatoms. The maximum Gasteiger partial charge on any atom is 0.264 e. The van der Waals surface area contributed by atoms with E-state index in [1.165, 1.54) is 24.1 Å². The molecule has 1 N–H and O–H groups in total. The molecule has 0 bridgehead atoms. The second-order valence-corrected chi connectivity index (χ2v) is 13.4. The van der Waals surface area contributed by atoms with E-state index in [-0.39, 0.29) is 35.5 Å². The summed E-state index contributed by atoms with van der Waals surface area (Å²) in [6, 6.07) is 27.7. The molecule has 4 aromatic rings. The highest BCUT2D eigenvalue weighted by atomic mass is 35.5. The van der Waals surface area contributed by atoms with Gasteiger partial charge in [-0.05, 0) is 85.1 Å². The third-order valence-corrected chi connectivity index (χ3v) is 9.84. The number of amides is 2. The number of halogens is 1. The Labute approximate surface area is 282 Å². The standard InChI is InChI=1S/C36H40ClN3O6S/c1-5-26(2)38-36(42)34(23-27-10-7-6-8-11-27)39(24-28-12-9-13-32(22-28)46-4)35(41)25-40(30-16-14-29(37)15-17-30)47(43,44)33-20-18-31(45-3)19-21-33/h6-22,26,34H,5,23-25H2,1-4H3,(H,38,42)/t26-,34+/m1/s1. The first-order chi connectivity index (χ1) is 22.5. The summed E-state index contributed by atoms with van der Waals surface area (Å²) in [5.41, 5.74) is 1.80. The summed E-state index contributed by atoms with van der Waals surface area (Å²) in [6.45, 7) is 3.31. The summed E-state index contributed by atoms with van der Waals surface area (Å²) < 4.78 is 40.0. The van der Waals surface area contributed by atoms with Crippen LogP contribution in [0.3, 0.4) is 0 Å². The van der Waals surface area contributed by atoms with Gasteiger partial charge in [0.2, 0.25) is 11.8 Å². The maximum absolute atomic E-state index is 14.6. The number of hydrogen-bond acceptors (Lipinski definition) is 6. The molecule has 0 aliphatic heterocycles. The van der Waals surface area contributed by atoms with Gasteiger partial charge in [0.15, 0.2) is 0 Å². The Hall–Kier alpha value is -4.54. The predicted molar refractivity (Wildman–Crippen MR) is 184 cm³/mol. The summed E-state index contributed by atoms with van der Waals surface area (Å²) in [5, 5.41) is 3.44. The van der Waals surface area contributed by atoms with E-state index in [1.54, 1.807) is 61.7 Å². The lowest BCUT2D eigenvalue weighted by atomic mass is 10.0. The first kappa shape index (κ1) is 35.3. The minimum absolute atomic E-state index is 0.0263. The van der Waals surface area contributed by atoms with E-state index in [0.717, 1.165) is 9.87 Å². The summed E-state index contributed by atoms with van der Waals surface area (Å²) >= 11 is 6.15. The molecule has 0 unspecified atom stereocenters. The molecule has 9 nitrogen and oxygen atoms in total. The molecule has 0 radical (unpaired) electrons. The van der Waals surface area contributed by atoms with Crippen LogP contribution in [0, 0.1) is 0 Å². The quantitative estimate of drug-likeness (QED) is 0.163. The number of methoxy groups -OCH3 is 2. The molecule has 0 spiro atoms. The predicted octanol–water partition coefficient (Wildman–Crippen LogP) is 6.11. The molecule has 4 aromatic carbocycles. The van der Waals surface area contributed by atoms with Crippen LogP contribution >= 0.6 is 11.6 Å². The molecule has 0 saturated carbocycles. The molecule has 0 aromatic heterocycles. The van der Waals surface area contributed by atoms with Crippen LogP contribution in [0.1, 0.15) is 31.4 Å². The van der Waals surface area contributed by atoms with Crippen LogP contribution in [0.5, 0.6) is 11.5 Å². The Kier molecular flexibility index (Phi) is 12.3. The van der Waals surface area contributed by atoms with Gasteiger partial charge < -0.3 is 19.7 Å². The minimum Gasteiger partial charge on any atom is -0.497 e. The number of nitrogens with one attached hydrogen (secondary N) is 1. The van der Waals surface area contributed by atoms with Gasteiger partial charge in [-0.25, -0.2) is 8.42 Å². The van der Waals surface area contributed by atoms with Crippen molar-refractivity contribution in [2.75, 3.05) is 25.1 Å². The number of carbonyl (C=O) groups is 2. The van der Waals surface area contributed by atoms with Crippen LogP contribution in [0.15, 0.2) is 108 Å². The van der Waals surface area contributed by atoms with Crippen molar-refractivity contribution >= 4 is 39.1 Å². The van der Waals surface area contributed by atoms with E-state index in [1.807, 2.05) is 50.2 Å². The Morgan fingerprint density at radius 3 is 2.09 bits per heavy atom. The molecular formula is C36H40ClN3O6S. The van der Waals surface area contributed by atoms with Gasteiger partial charge >= 0.3 is 0 Å². The van der Waals surface area contributed by atoms with Crippen LogP contribution in [-0.2, 0) is 32.6 Å². The highest BCUT2D eigenvalue weighted by Gasteiger charge is 2.35. The zero-order valence-corrected chi connectivity index (χ0v) is 28.5. The van der Waals surface area contributed by atoms with E-state index in [9.17, 15) is 18.0 Å². The zero-order chi connectivity index (χ0) is 34.0. The average molecular weight is 678 g/mol. The third-order valence-electron chi connectivity index (χ3n) is 7.80. The van der Waals surface area contributed by atoms with Crippen molar-refractivity contribution in [2.24, 2.45) is 0 Å². The molecule has 0 heterocycles. The van der Waals surface area contributed by atoms with Gasteiger partial charge in [-0.1, -0.05) is 61.0 Å². The summed E-state index contributed by atoms with van der Waals surface area (Å²) in [6.07, 6.45) is 0.906. The van der Waals surface area contributed by atoms with E-state index in [4.69, 9.17) is 21.1 Å². The van der Waals surface area contributed by atoms with E-state index < -0.39 is 28.5 Å². The molecule has 2 atom stereocenters. The topological polar surface area (TPSA) is 105 Å². The van der Waals surface area contributed by atoms with Crippen LogP contribution < -0.4 is 19.1 Å². The zero-order valence-electron chi connectivity index (χ0n) is 26.9. The summed E-state index contributed by atoms with van der Waals surface area (Å²) in [4.78, 5) is 30.0. The number of carbonyl (C=O) groups excluding carboxylic acids is 2. The van der Waals surface area contributed by atoms with Crippen molar-refractivity contribution in [3.05, 3.63) is 119 Å². The molecule has 0 fully saturated rings.